The van der Waals surface area contributed by atoms with Crippen molar-refractivity contribution in [1.29, 1.82) is 0 Å². The molecule has 3 aliphatic carbocycles. The van der Waals surface area contributed by atoms with E-state index in [-0.39, 0.29) is 11.3 Å². The summed E-state index contributed by atoms with van der Waals surface area (Å²) in [6, 6.07) is 2.27. The number of anilines is 2. The number of carbonyl (C=O) groups excluding carboxylic acids is 1. The molecule has 108 valence electrons. The Hall–Kier alpha value is -1.81. The molecule has 21 heavy (non-hydrogen) atoms. The van der Waals surface area contributed by atoms with Crippen LogP contribution in [0.25, 0.3) is 5.57 Å². The Balaban J connectivity index is 1.83. The number of carbonyl (C=O) groups is 1. The zero-order valence-electron chi connectivity index (χ0n) is 12.4. The second-order valence-corrected chi connectivity index (χ2v) is 7.11. The van der Waals surface area contributed by atoms with Crippen LogP contribution in [0.4, 0.5) is 11.4 Å². The van der Waals surface area contributed by atoms with Crippen LogP contribution in [0.15, 0.2) is 11.6 Å². The summed E-state index contributed by atoms with van der Waals surface area (Å²) in [5.74, 6) is 0.676. The Bertz CT molecular complexity index is 749. The third kappa shape index (κ3) is 1.23. The fraction of sp³-hybridized carbons (Fsp3) is 0.471. The number of fused-ring (bicyclic) bond motifs is 5. The number of hydrogen-bond donors (Lipinski definition) is 3. The van der Waals surface area contributed by atoms with Gasteiger partial charge < -0.3 is 10.9 Å². The highest BCUT2D eigenvalue weighted by molar-refractivity contribution is 6.09. The molecule has 1 aromatic rings. The van der Waals surface area contributed by atoms with Gasteiger partial charge in [0.25, 0.3) is 0 Å². The van der Waals surface area contributed by atoms with Crippen molar-refractivity contribution in [2.75, 3.05) is 10.9 Å². The van der Waals surface area contributed by atoms with Gasteiger partial charge in [0.2, 0.25) is 0 Å². The van der Waals surface area contributed by atoms with Crippen LogP contribution < -0.4 is 16.4 Å². The lowest BCUT2D eigenvalue weighted by molar-refractivity contribution is -0.119. The maximum absolute atomic E-state index is 12.6. The van der Waals surface area contributed by atoms with Gasteiger partial charge in [-0.2, -0.15) is 0 Å². The molecule has 1 aliphatic heterocycles. The second-order valence-electron chi connectivity index (χ2n) is 7.11. The molecule has 0 saturated heterocycles. The number of aryl methyl sites for hydroxylation is 1. The molecule has 1 fully saturated rings. The third-order valence-corrected chi connectivity index (χ3v) is 6.05. The quantitative estimate of drug-likeness (QED) is 0.684. The van der Waals surface area contributed by atoms with E-state index in [1.807, 2.05) is 6.92 Å². The maximum atomic E-state index is 12.6. The number of allylic oxidation sites excluding steroid dienone is 2. The van der Waals surface area contributed by atoms with Crippen molar-refractivity contribution in [3.63, 3.8) is 0 Å². The number of Topliss-reactive ketones (excluding diaryl/α,β-unsaturated/α-hetero) is 1. The lowest BCUT2D eigenvalue weighted by atomic mass is 9.71. The number of hydrazine groups is 2. The molecule has 5 rings (SSSR count). The predicted octanol–water partition coefficient (Wildman–Crippen LogP) is 2.95. The smallest absolute Gasteiger partial charge is 0.161 e. The van der Waals surface area contributed by atoms with Gasteiger partial charge in [-0.15, -0.1) is 5.53 Å². The van der Waals surface area contributed by atoms with Gasteiger partial charge in [-0.1, -0.05) is 0 Å². The lowest BCUT2D eigenvalue weighted by Gasteiger charge is -2.31. The van der Waals surface area contributed by atoms with Crippen molar-refractivity contribution in [1.82, 2.24) is 5.53 Å². The van der Waals surface area contributed by atoms with Gasteiger partial charge in [0.05, 0.1) is 11.4 Å². The van der Waals surface area contributed by atoms with Gasteiger partial charge in [-0.05, 0) is 73.4 Å². The van der Waals surface area contributed by atoms with Gasteiger partial charge >= 0.3 is 0 Å². The van der Waals surface area contributed by atoms with Crippen LogP contribution in [0, 0.1) is 18.3 Å². The molecule has 2 bridgehead atoms. The van der Waals surface area contributed by atoms with Gasteiger partial charge in [0.15, 0.2) is 5.78 Å². The summed E-state index contributed by atoms with van der Waals surface area (Å²) < 4.78 is 0. The Kier molecular flexibility index (Phi) is 1.97. The van der Waals surface area contributed by atoms with Crippen LogP contribution in [0.5, 0.6) is 0 Å². The average Bonchev–Trinajstić information content (AvgIpc) is 3.14. The molecule has 1 saturated carbocycles. The normalized spacial score (nSPS) is 31.7. The Labute approximate surface area is 123 Å². The van der Waals surface area contributed by atoms with Crippen molar-refractivity contribution in [2.45, 2.75) is 39.5 Å². The van der Waals surface area contributed by atoms with Crippen LogP contribution in [-0.2, 0) is 11.2 Å². The molecule has 1 aromatic carbocycles. The Morgan fingerprint density at radius 1 is 1.24 bits per heavy atom. The summed E-state index contributed by atoms with van der Waals surface area (Å²) >= 11 is 0. The zero-order chi connectivity index (χ0) is 14.4. The monoisotopic (exact) mass is 281 g/mol. The fourth-order valence-electron chi connectivity index (χ4n) is 5.20. The van der Waals surface area contributed by atoms with E-state index in [1.165, 1.54) is 34.4 Å². The summed E-state index contributed by atoms with van der Waals surface area (Å²) in [7, 11) is 0. The highest BCUT2D eigenvalue weighted by Gasteiger charge is 2.54. The molecular weight excluding hydrogens is 262 g/mol. The van der Waals surface area contributed by atoms with Gasteiger partial charge in [-0.3, -0.25) is 4.79 Å². The van der Waals surface area contributed by atoms with E-state index in [0.717, 1.165) is 30.5 Å². The topological polar surface area (TPSA) is 53.2 Å². The largest absolute Gasteiger partial charge is 0.302 e. The maximum Gasteiger partial charge on any atom is 0.161 e. The van der Waals surface area contributed by atoms with Crippen molar-refractivity contribution in [3.8, 4) is 0 Å². The first-order chi connectivity index (χ1) is 10.1. The number of benzene rings is 1. The van der Waals surface area contributed by atoms with Gasteiger partial charge in [0, 0.05) is 11.3 Å². The number of rotatable bonds is 0. The molecule has 1 heterocycles. The number of hydrogen-bond acceptors (Lipinski definition) is 4. The summed E-state index contributed by atoms with van der Waals surface area (Å²) in [6.07, 6.45) is 4.37. The van der Waals surface area contributed by atoms with E-state index >= 15 is 0 Å². The Morgan fingerprint density at radius 3 is 2.90 bits per heavy atom. The highest BCUT2D eigenvalue weighted by Crippen LogP contribution is 2.63. The van der Waals surface area contributed by atoms with E-state index in [4.69, 9.17) is 0 Å². The minimum absolute atomic E-state index is 0.233. The molecule has 0 radical (unpaired) electrons. The number of ketones is 1. The molecule has 4 heteroatoms. The SMILES string of the molecule is CC1=C2c3cc(C)c4c(c3CC23CCC(C3)C1=O)NNN4. The molecule has 2 atom stereocenters. The molecule has 0 amide bonds. The molecule has 3 N–H and O–H groups in total. The average molecular weight is 281 g/mol. The summed E-state index contributed by atoms with van der Waals surface area (Å²) in [4.78, 5) is 12.6. The van der Waals surface area contributed by atoms with E-state index < -0.39 is 0 Å². The first-order valence-corrected chi connectivity index (χ1v) is 7.80. The minimum atomic E-state index is 0.233. The minimum Gasteiger partial charge on any atom is -0.302 e. The van der Waals surface area contributed by atoms with E-state index in [0.29, 0.717) is 5.78 Å². The van der Waals surface area contributed by atoms with E-state index in [2.05, 4.69) is 29.4 Å². The van der Waals surface area contributed by atoms with Crippen LogP contribution in [-0.4, -0.2) is 5.78 Å². The highest BCUT2D eigenvalue weighted by atomic mass is 16.1. The predicted molar refractivity (Wildman–Crippen MR) is 82.6 cm³/mol. The fourth-order valence-corrected chi connectivity index (χ4v) is 5.20. The summed E-state index contributed by atoms with van der Waals surface area (Å²) in [5, 5.41) is 0. The van der Waals surface area contributed by atoms with Gasteiger partial charge in [0.1, 0.15) is 0 Å². The molecule has 1 spiro atoms. The lowest BCUT2D eigenvalue weighted by Crippen LogP contribution is -2.26. The number of nitrogens with one attached hydrogen (secondary N) is 3. The van der Waals surface area contributed by atoms with Crippen molar-refractivity contribution in [3.05, 3.63) is 28.3 Å². The molecular formula is C17H19N3O. The van der Waals surface area contributed by atoms with Crippen molar-refractivity contribution < 1.29 is 4.79 Å². The van der Waals surface area contributed by atoms with Crippen LogP contribution >= 0.6 is 0 Å². The van der Waals surface area contributed by atoms with Crippen LogP contribution in [0.2, 0.25) is 0 Å². The Morgan fingerprint density at radius 2 is 2.05 bits per heavy atom. The molecule has 4 aliphatic rings. The van der Waals surface area contributed by atoms with E-state index in [1.54, 1.807) is 0 Å². The zero-order valence-corrected chi connectivity index (χ0v) is 12.4. The van der Waals surface area contributed by atoms with Gasteiger partial charge in [-0.25, -0.2) is 0 Å². The molecule has 4 nitrogen and oxygen atoms in total. The standard InChI is InChI=1S/C17H19N3O/c1-8-5-11-12(15-14(8)18-20-19-15)7-17-4-3-10(6-17)16(21)9(2)13(11)17/h5,10,18-20H,3-4,6-7H2,1-2H3. The first-order valence-electron chi connectivity index (χ1n) is 7.80. The second kappa shape index (κ2) is 3.50. The summed E-state index contributed by atoms with van der Waals surface area (Å²) in [6.45, 7) is 4.18. The van der Waals surface area contributed by atoms with Crippen LogP contribution in [0.3, 0.4) is 0 Å². The van der Waals surface area contributed by atoms with Crippen LogP contribution in [0.1, 0.15) is 42.9 Å². The van der Waals surface area contributed by atoms with Crippen molar-refractivity contribution >= 4 is 22.7 Å². The first kappa shape index (κ1) is 11.8. The molecule has 2 unspecified atom stereocenters. The molecule has 0 aromatic heterocycles. The summed E-state index contributed by atoms with van der Waals surface area (Å²) in [5.41, 5.74) is 18.4. The third-order valence-electron chi connectivity index (χ3n) is 6.05. The van der Waals surface area contributed by atoms with E-state index in [9.17, 15) is 4.79 Å². The van der Waals surface area contributed by atoms with Crippen molar-refractivity contribution in [2.24, 2.45) is 11.3 Å².